The quantitative estimate of drug-likeness (QED) is 0.578. The highest BCUT2D eigenvalue weighted by molar-refractivity contribution is 6.31. The Bertz CT molecular complexity index is 372. The molecular weight excluding hydrogens is 210 g/mol. The molecule has 3 heteroatoms. The topological polar surface area (TPSA) is 20.3 Å². The van der Waals surface area contributed by atoms with E-state index in [0.717, 1.165) is 11.8 Å². The smallest absolute Gasteiger partial charge is 0.147 e. The lowest BCUT2D eigenvalue weighted by Gasteiger charge is -2.08. The van der Waals surface area contributed by atoms with E-state index in [-0.39, 0.29) is 0 Å². The fourth-order valence-electron chi connectivity index (χ4n) is 1.31. The maximum absolute atomic E-state index is 10.8. The summed E-state index contributed by atoms with van der Waals surface area (Å²) in [4.78, 5) is 12.7. The molecule has 15 heavy (non-hydrogen) atoms. The maximum atomic E-state index is 10.8. The monoisotopic (exact) mass is 223 g/mol. The number of aldehydes is 1. The highest BCUT2D eigenvalue weighted by atomic mass is 35.5. The van der Waals surface area contributed by atoms with Gasteiger partial charge in [-0.05, 0) is 11.6 Å². The first-order valence-electron chi connectivity index (χ1n) is 4.69. The molecule has 0 amide bonds. The standard InChI is InChI=1S/C12H14ClNO/c1-14(2)8-10(9-15)7-11-5-3-4-6-12(11)13/h3-6,8-9H,7H2,1-2H3/b10-8+. The number of carbonyl (C=O) groups is 1. The zero-order valence-electron chi connectivity index (χ0n) is 8.90. The van der Waals surface area contributed by atoms with E-state index < -0.39 is 0 Å². The fraction of sp³-hybridized carbons (Fsp3) is 0.250. The summed E-state index contributed by atoms with van der Waals surface area (Å²) in [5, 5.41) is 0.698. The average Bonchev–Trinajstić information content (AvgIpc) is 2.19. The van der Waals surface area contributed by atoms with Crippen LogP contribution in [0.5, 0.6) is 0 Å². The van der Waals surface area contributed by atoms with Gasteiger partial charge in [0.25, 0.3) is 0 Å². The lowest BCUT2D eigenvalue weighted by molar-refractivity contribution is -0.105. The van der Waals surface area contributed by atoms with E-state index in [2.05, 4.69) is 0 Å². The van der Waals surface area contributed by atoms with Crippen molar-refractivity contribution in [3.05, 3.63) is 46.6 Å². The molecule has 0 aromatic heterocycles. The van der Waals surface area contributed by atoms with Crippen molar-refractivity contribution in [2.45, 2.75) is 6.42 Å². The second kappa shape index (κ2) is 5.56. The van der Waals surface area contributed by atoms with E-state index in [1.54, 1.807) is 6.20 Å². The second-order valence-corrected chi connectivity index (χ2v) is 3.96. The number of rotatable bonds is 4. The molecular formula is C12H14ClNO. The van der Waals surface area contributed by atoms with Crippen LogP contribution in [0.25, 0.3) is 0 Å². The van der Waals surface area contributed by atoms with E-state index in [0.29, 0.717) is 17.0 Å². The Hall–Kier alpha value is -1.28. The van der Waals surface area contributed by atoms with Crippen molar-refractivity contribution in [3.63, 3.8) is 0 Å². The minimum atomic E-state index is 0.571. The van der Waals surface area contributed by atoms with Crippen LogP contribution < -0.4 is 0 Å². The molecule has 0 saturated heterocycles. The summed E-state index contributed by atoms with van der Waals surface area (Å²) in [6, 6.07) is 7.55. The number of allylic oxidation sites excluding steroid dienone is 1. The molecule has 0 aliphatic heterocycles. The van der Waals surface area contributed by atoms with Gasteiger partial charge in [-0.3, -0.25) is 4.79 Å². The first-order valence-corrected chi connectivity index (χ1v) is 5.07. The summed E-state index contributed by atoms with van der Waals surface area (Å²) in [5.41, 5.74) is 1.69. The minimum absolute atomic E-state index is 0.571. The van der Waals surface area contributed by atoms with Crippen LogP contribution in [0.2, 0.25) is 5.02 Å². The Kier molecular flexibility index (Phi) is 4.37. The molecule has 2 nitrogen and oxygen atoms in total. The van der Waals surface area contributed by atoms with Crippen LogP contribution in [-0.2, 0) is 11.2 Å². The van der Waals surface area contributed by atoms with Crippen LogP contribution in [0.15, 0.2) is 36.0 Å². The highest BCUT2D eigenvalue weighted by Gasteiger charge is 2.02. The van der Waals surface area contributed by atoms with Gasteiger partial charge in [0, 0.05) is 37.3 Å². The maximum Gasteiger partial charge on any atom is 0.147 e. The van der Waals surface area contributed by atoms with E-state index in [1.807, 2.05) is 43.3 Å². The zero-order chi connectivity index (χ0) is 11.3. The predicted molar refractivity (Wildman–Crippen MR) is 63.0 cm³/mol. The molecule has 0 unspecified atom stereocenters. The van der Waals surface area contributed by atoms with Gasteiger partial charge >= 0.3 is 0 Å². The molecule has 0 atom stereocenters. The van der Waals surface area contributed by atoms with Crippen molar-refractivity contribution in [2.75, 3.05) is 14.1 Å². The number of halogens is 1. The molecule has 0 bridgehead atoms. The molecule has 0 N–H and O–H groups in total. The molecule has 0 radical (unpaired) electrons. The van der Waals surface area contributed by atoms with Gasteiger partial charge in [-0.25, -0.2) is 0 Å². The molecule has 1 aromatic carbocycles. The van der Waals surface area contributed by atoms with Crippen molar-refractivity contribution in [1.82, 2.24) is 4.90 Å². The minimum Gasteiger partial charge on any atom is -0.383 e. The summed E-state index contributed by atoms with van der Waals surface area (Å²) in [7, 11) is 3.77. The lowest BCUT2D eigenvalue weighted by atomic mass is 10.1. The Balaban J connectivity index is 2.85. The van der Waals surface area contributed by atoms with Gasteiger partial charge in [0.1, 0.15) is 6.29 Å². The molecule has 0 saturated carbocycles. The van der Waals surface area contributed by atoms with Gasteiger partial charge in [-0.1, -0.05) is 29.8 Å². The molecule has 0 spiro atoms. The number of hydrogen-bond donors (Lipinski definition) is 0. The molecule has 80 valence electrons. The molecule has 0 aliphatic carbocycles. The van der Waals surface area contributed by atoms with E-state index >= 15 is 0 Å². The molecule has 1 rings (SSSR count). The zero-order valence-corrected chi connectivity index (χ0v) is 9.66. The van der Waals surface area contributed by atoms with Crippen molar-refractivity contribution >= 4 is 17.9 Å². The fourth-order valence-corrected chi connectivity index (χ4v) is 1.51. The van der Waals surface area contributed by atoms with Crippen LogP contribution in [-0.4, -0.2) is 25.3 Å². The van der Waals surface area contributed by atoms with E-state index in [9.17, 15) is 4.79 Å². The van der Waals surface area contributed by atoms with Crippen molar-refractivity contribution < 1.29 is 4.79 Å². The Morgan fingerprint density at radius 2 is 2.07 bits per heavy atom. The lowest BCUT2D eigenvalue weighted by Crippen LogP contribution is -2.05. The Morgan fingerprint density at radius 3 is 2.60 bits per heavy atom. The van der Waals surface area contributed by atoms with Crippen LogP contribution in [0, 0.1) is 0 Å². The summed E-state index contributed by atoms with van der Waals surface area (Å²) >= 11 is 6.01. The van der Waals surface area contributed by atoms with Crippen molar-refractivity contribution in [3.8, 4) is 0 Å². The van der Waals surface area contributed by atoms with Crippen LogP contribution >= 0.6 is 11.6 Å². The van der Waals surface area contributed by atoms with Crippen LogP contribution in [0.1, 0.15) is 5.56 Å². The van der Waals surface area contributed by atoms with Gasteiger partial charge in [-0.2, -0.15) is 0 Å². The summed E-state index contributed by atoms with van der Waals surface area (Å²) in [6.45, 7) is 0. The first-order chi connectivity index (χ1) is 7.13. The van der Waals surface area contributed by atoms with Gasteiger partial charge < -0.3 is 4.90 Å². The third-order valence-electron chi connectivity index (χ3n) is 1.93. The van der Waals surface area contributed by atoms with Crippen LogP contribution in [0.3, 0.4) is 0 Å². The van der Waals surface area contributed by atoms with Crippen molar-refractivity contribution in [2.24, 2.45) is 0 Å². The number of hydrogen-bond acceptors (Lipinski definition) is 2. The Labute approximate surface area is 95.2 Å². The molecule has 0 aliphatic rings. The third kappa shape index (κ3) is 3.76. The summed E-state index contributed by atoms with van der Waals surface area (Å²) < 4.78 is 0. The second-order valence-electron chi connectivity index (χ2n) is 3.55. The Morgan fingerprint density at radius 1 is 1.40 bits per heavy atom. The highest BCUT2D eigenvalue weighted by Crippen LogP contribution is 2.17. The number of carbonyl (C=O) groups excluding carboxylic acids is 1. The molecule has 0 heterocycles. The van der Waals surface area contributed by atoms with E-state index in [1.165, 1.54) is 0 Å². The van der Waals surface area contributed by atoms with Gasteiger partial charge in [-0.15, -0.1) is 0 Å². The SMILES string of the molecule is CN(C)/C=C(/C=O)Cc1ccccc1Cl. The number of benzene rings is 1. The third-order valence-corrected chi connectivity index (χ3v) is 2.30. The summed E-state index contributed by atoms with van der Waals surface area (Å²) in [5.74, 6) is 0. The average molecular weight is 224 g/mol. The van der Waals surface area contributed by atoms with Gasteiger partial charge in [0.05, 0.1) is 0 Å². The van der Waals surface area contributed by atoms with Gasteiger partial charge in [0.15, 0.2) is 0 Å². The van der Waals surface area contributed by atoms with Crippen LogP contribution in [0.4, 0.5) is 0 Å². The molecule has 0 fully saturated rings. The number of nitrogens with zero attached hydrogens (tertiary/aromatic N) is 1. The molecule has 1 aromatic rings. The normalized spacial score (nSPS) is 11.3. The summed E-state index contributed by atoms with van der Waals surface area (Å²) in [6.07, 6.45) is 3.24. The van der Waals surface area contributed by atoms with Gasteiger partial charge in [0.2, 0.25) is 0 Å². The largest absolute Gasteiger partial charge is 0.383 e. The van der Waals surface area contributed by atoms with Crippen molar-refractivity contribution in [1.29, 1.82) is 0 Å². The first kappa shape index (κ1) is 11.8. The van der Waals surface area contributed by atoms with E-state index in [4.69, 9.17) is 11.6 Å². The predicted octanol–water partition coefficient (Wildman–Crippen LogP) is 2.53.